The van der Waals surface area contributed by atoms with Crippen LogP contribution in [0.1, 0.15) is 0 Å². The Balaban J connectivity index is 1.51. The lowest BCUT2D eigenvalue weighted by molar-refractivity contribution is -0.122. The van der Waals surface area contributed by atoms with Gasteiger partial charge in [-0.3, -0.25) is 14.9 Å². The molecule has 3 aromatic heterocycles. The molecule has 0 saturated carbocycles. The van der Waals surface area contributed by atoms with Gasteiger partial charge < -0.3 is 15.5 Å². The highest BCUT2D eigenvalue weighted by Crippen LogP contribution is 2.34. The monoisotopic (exact) mass is 483 g/mol. The second-order valence-electron chi connectivity index (χ2n) is 7.89. The van der Waals surface area contributed by atoms with E-state index in [1.54, 1.807) is 25.5 Å². The number of halogens is 3. The minimum absolute atomic E-state index is 0.0671. The number of aromatic nitrogens is 4. The molecule has 3 N–H and O–H groups in total. The summed E-state index contributed by atoms with van der Waals surface area (Å²) in [5.74, 6) is -1.68. The molecule has 0 radical (unpaired) electrons. The molecule has 0 bridgehead atoms. The molecule has 8 nitrogen and oxygen atoms in total. The van der Waals surface area contributed by atoms with Crippen molar-refractivity contribution in [3.05, 3.63) is 59.4 Å². The van der Waals surface area contributed by atoms with Crippen LogP contribution in [0.4, 0.5) is 14.5 Å². The maximum Gasteiger partial charge on any atom is 0.238 e. The van der Waals surface area contributed by atoms with E-state index in [9.17, 15) is 13.6 Å². The molecule has 1 aliphatic rings. The topological polar surface area (TPSA) is 98.8 Å². The van der Waals surface area contributed by atoms with E-state index in [-0.39, 0.29) is 28.2 Å². The molecule has 0 unspecified atom stereocenters. The number of carbonyl (C=O) groups excluding carboxylic acids is 1. The van der Waals surface area contributed by atoms with Gasteiger partial charge in [0.2, 0.25) is 5.91 Å². The van der Waals surface area contributed by atoms with E-state index in [1.165, 1.54) is 6.07 Å². The summed E-state index contributed by atoms with van der Waals surface area (Å²) in [4.78, 5) is 23.4. The second kappa shape index (κ2) is 8.96. The molecule has 4 heterocycles. The fraction of sp³-hybridized carbons (Fsp3) is 0.217. The standard InChI is InChI=1S/C23H20ClF2N7O/c1-27-23(34)21-11-33(5-4-28-21)12-6-20-19(29-9-12)3-2-18(31-20)14-10-30-32-22(14)13-7-15(24)17(26)8-16(13)25/h2-3,6-10,21,28H,4-5,11H2,1H3,(H,27,34)(H,30,32)/t21-/m1/s1. The van der Waals surface area contributed by atoms with Crippen LogP contribution in [0.3, 0.4) is 0 Å². The molecule has 1 aromatic carbocycles. The predicted molar refractivity (Wildman–Crippen MR) is 126 cm³/mol. The van der Waals surface area contributed by atoms with E-state index in [0.29, 0.717) is 35.4 Å². The fourth-order valence-corrected chi connectivity index (χ4v) is 4.21. The smallest absolute Gasteiger partial charge is 0.238 e. The van der Waals surface area contributed by atoms with Gasteiger partial charge in [-0.1, -0.05) is 11.6 Å². The van der Waals surface area contributed by atoms with Crippen LogP contribution in [0.5, 0.6) is 0 Å². The summed E-state index contributed by atoms with van der Waals surface area (Å²) in [6.07, 6.45) is 3.36. The predicted octanol–water partition coefficient (Wildman–Crippen LogP) is 3.14. The van der Waals surface area contributed by atoms with Gasteiger partial charge in [0.25, 0.3) is 0 Å². The van der Waals surface area contributed by atoms with Gasteiger partial charge in [0, 0.05) is 50.1 Å². The van der Waals surface area contributed by atoms with E-state index >= 15 is 0 Å². The first-order valence-corrected chi connectivity index (χ1v) is 11.0. The van der Waals surface area contributed by atoms with Crippen molar-refractivity contribution in [2.45, 2.75) is 6.04 Å². The van der Waals surface area contributed by atoms with Gasteiger partial charge >= 0.3 is 0 Å². The number of nitrogens with one attached hydrogen (secondary N) is 3. The number of hydrogen-bond donors (Lipinski definition) is 3. The van der Waals surface area contributed by atoms with Gasteiger partial charge in [0.1, 0.15) is 23.4 Å². The van der Waals surface area contributed by atoms with Crippen LogP contribution < -0.4 is 15.5 Å². The summed E-state index contributed by atoms with van der Waals surface area (Å²) < 4.78 is 28.1. The molecule has 1 aliphatic heterocycles. The number of aromatic amines is 1. The number of piperazine rings is 1. The van der Waals surface area contributed by atoms with Crippen molar-refractivity contribution in [2.24, 2.45) is 0 Å². The molecule has 1 saturated heterocycles. The van der Waals surface area contributed by atoms with Crippen molar-refractivity contribution in [1.29, 1.82) is 0 Å². The SMILES string of the molecule is CNC(=O)[C@H]1CN(c2cnc3ccc(-c4c[nH]nc4-c4cc(Cl)c(F)cc4F)nc3c2)CCN1. The zero-order valence-electron chi connectivity index (χ0n) is 18.1. The molecule has 174 valence electrons. The van der Waals surface area contributed by atoms with Crippen LogP contribution in [-0.2, 0) is 4.79 Å². The second-order valence-corrected chi connectivity index (χ2v) is 8.30. The van der Waals surface area contributed by atoms with E-state index in [2.05, 4.69) is 30.7 Å². The third-order valence-corrected chi connectivity index (χ3v) is 6.10. The van der Waals surface area contributed by atoms with Gasteiger partial charge in [0.05, 0.1) is 33.6 Å². The molecule has 34 heavy (non-hydrogen) atoms. The van der Waals surface area contributed by atoms with Gasteiger partial charge in [-0.15, -0.1) is 0 Å². The van der Waals surface area contributed by atoms with Gasteiger partial charge in [0.15, 0.2) is 0 Å². The van der Waals surface area contributed by atoms with Crippen LogP contribution >= 0.6 is 11.6 Å². The molecule has 4 aromatic rings. The zero-order valence-corrected chi connectivity index (χ0v) is 18.8. The lowest BCUT2D eigenvalue weighted by Crippen LogP contribution is -2.56. The normalized spacial score (nSPS) is 16.1. The number of H-pyrrole nitrogens is 1. The summed E-state index contributed by atoms with van der Waals surface area (Å²) in [6.45, 7) is 1.88. The third-order valence-electron chi connectivity index (χ3n) is 5.81. The Morgan fingerprint density at radius 1 is 1.18 bits per heavy atom. The number of pyridine rings is 2. The zero-order chi connectivity index (χ0) is 23.8. The number of hydrogen-bond acceptors (Lipinski definition) is 6. The van der Waals surface area contributed by atoms with E-state index in [0.717, 1.165) is 18.3 Å². The van der Waals surface area contributed by atoms with E-state index in [4.69, 9.17) is 16.6 Å². The number of carbonyl (C=O) groups is 1. The summed E-state index contributed by atoms with van der Waals surface area (Å²) in [5, 5.41) is 12.5. The Labute approximate surface area is 198 Å². The quantitative estimate of drug-likeness (QED) is 0.386. The first-order valence-electron chi connectivity index (χ1n) is 10.6. The summed E-state index contributed by atoms with van der Waals surface area (Å²) in [7, 11) is 1.61. The molecule has 1 atom stereocenters. The lowest BCUT2D eigenvalue weighted by Gasteiger charge is -2.34. The van der Waals surface area contributed by atoms with Crippen LogP contribution in [0.2, 0.25) is 5.02 Å². The molecule has 5 rings (SSSR count). The maximum absolute atomic E-state index is 14.5. The van der Waals surface area contributed by atoms with Crippen LogP contribution in [0, 0.1) is 11.6 Å². The molecule has 11 heteroatoms. The Bertz CT molecular complexity index is 1390. The molecular weight excluding hydrogens is 464 g/mol. The van der Waals surface area contributed by atoms with Crippen molar-refractivity contribution in [2.75, 3.05) is 31.6 Å². The number of amides is 1. The van der Waals surface area contributed by atoms with E-state index in [1.807, 2.05) is 12.1 Å². The number of rotatable bonds is 4. The Morgan fingerprint density at radius 2 is 2.03 bits per heavy atom. The van der Waals surface area contributed by atoms with Gasteiger partial charge in [-0.25, -0.2) is 13.8 Å². The van der Waals surface area contributed by atoms with Crippen molar-refractivity contribution in [3.8, 4) is 22.5 Å². The Kier molecular flexibility index (Phi) is 5.84. The van der Waals surface area contributed by atoms with Crippen LogP contribution in [0.15, 0.2) is 42.7 Å². The van der Waals surface area contributed by atoms with Crippen LogP contribution in [0.25, 0.3) is 33.5 Å². The minimum Gasteiger partial charge on any atom is -0.367 e. The Hall–Kier alpha value is -3.63. The lowest BCUT2D eigenvalue weighted by atomic mass is 10.0. The minimum atomic E-state index is -0.839. The summed E-state index contributed by atoms with van der Waals surface area (Å²) >= 11 is 5.87. The number of nitrogens with zero attached hydrogens (tertiary/aromatic N) is 4. The number of likely N-dealkylation sites (N-methyl/N-ethyl adjacent to an activating group) is 1. The van der Waals surface area contributed by atoms with Crippen LogP contribution in [-0.4, -0.2) is 58.8 Å². The first kappa shape index (κ1) is 22.2. The highest BCUT2D eigenvalue weighted by Gasteiger charge is 2.25. The average molecular weight is 484 g/mol. The third kappa shape index (κ3) is 4.06. The first-order chi connectivity index (χ1) is 16.4. The molecule has 0 spiro atoms. The largest absolute Gasteiger partial charge is 0.367 e. The number of benzene rings is 1. The Morgan fingerprint density at radius 3 is 2.85 bits per heavy atom. The van der Waals surface area contributed by atoms with Crippen molar-refractivity contribution < 1.29 is 13.6 Å². The number of anilines is 1. The number of fused-ring (bicyclic) bond motifs is 1. The summed E-state index contributed by atoms with van der Waals surface area (Å²) in [5.41, 5.74) is 3.58. The highest BCUT2D eigenvalue weighted by atomic mass is 35.5. The molecule has 1 amide bonds. The van der Waals surface area contributed by atoms with Crippen molar-refractivity contribution in [3.63, 3.8) is 0 Å². The van der Waals surface area contributed by atoms with Crippen molar-refractivity contribution in [1.82, 2.24) is 30.8 Å². The molecular formula is C23H20ClF2N7O. The van der Waals surface area contributed by atoms with E-state index < -0.39 is 11.6 Å². The highest BCUT2D eigenvalue weighted by molar-refractivity contribution is 6.31. The fourth-order valence-electron chi connectivity index (χ4n) is 4.05. The van der Waals surface area contributed by atoms with Crippen molar-refractivity contribution >= 4 is 34.2 Å². The average Bonchev–Trinajstić information content (AvgIpc) is 3.35. The molecule has 1 fully saturated rings. The molecule has 0 aliphatic carbocycles. The van der Waals surface area contributed by atoms with Gasteiger partial charge in [-0.05, 0) is 24.3 Å². The van der Waals surface area contributed by atoms with Gasteiger partial charge in [-0.2, -0.15) is 5.10 Å². The summed E-state index contributed by atoms with van der Waals surface area (Å²) in [6, 6.07) is 7.11. The maximum atomic E-state index is 14.5.